The first kappa shape index (κ1) is 29.4. The van der Waals surface area contributed by atoms with Crippen molar-refractivity contribution in [2.24, 2.45) is 0 Å². The van der Waals surface area contributed by atoms with Gasteiger partial charge in [-0.1, -0.05) is 42.8 Å². The third-order valence-electron chi connectivity index (χ3n) is 8.71. The highest BCUT2D eigenvalue weighted by Gasteiger charge is 2.26. The third-order valence-corrected chi connectivity index (χ3v) is 9.04. The van der Waals surface area contributed by atoms with Crippen LogP contribution in [-0.4, -0.2) is 77.2 Å². The lowest BCUT2D eigenvalue weighted by atomic mass is 9.91. The predicted octanol–water partition coefficient (Wildman–Crippen LogP) is 5.68. The lowest BCUT2D eigenvalue weighted by Gasteiger charge is -2.35. The average Bonchev–Trinajstić information content (AvgIpc) is 3.34. The Morgan fingerprint density at radius 2 is 1.84 bits per heavy atom. The van der Waals surface area contributed by atoms with Gasteiger partial charge in [-0.25, -0.2) is 9.78 Å². The lowest BCUT2D eigenvalue weighted by molar-refractivity contribution is -0.0592. The van der Waals surface area contributed by atoms with Crippen molar-refractivity contribution in [1.29, 1.82) is 0 Å². The number of rotatable bonds is 8. The number of piperazine rings is 1. The zero-order chi connectivity index (χ0) is 30.1. The number of aromatic nitrogens is 2. The Balaban J connectivity index is 1.14. The lowest BCUT2D eigenvalue weighted by Crippen LogP contribution is -2.48. The second-order valence-corrected chi connectivity index (χ2v) is 12.0. The number of fused-ring (bicyclic) bond motifs is 1. The molecule has 2 atom stereocenters. The van der Waals surface area contributed by atoms with Crippen molar-refractivity contribution in [3.8, 4) is 0 Å². The van der Waals surface area contributed by atoms with E-state index < -0.39 is 0 Å². The number of nitrogens with zero attached hydrogens (tertiary/aromatic N) is 4. The van der Waals surface area contributed by atoms with Crippen molar-refractivity contribution < 1.29 is 19.1 Å². The van der Waals surface area contributed by atoms with Gasteiger partial charge >= 0.3 is 5.97 Å². The van der Waals surface area contributed by atoms with E-state index >= 15 is 0 Å². The standard InChI is InChI=1S/C34H37ClN4O4/c1-22-7-9-28(29(35)17-22)23(2)24-5-4-6-25(18-24)33(40)38-14-12-37(13-15-38)21-32-36-30-10-8-26(34(41)42-3)19-31(30)39(32)20-27-11-16-43-27/h4-10,17-19,23,27H,11-16,20-21H2,1-3H3. The van der Waals surface area contributed by atoms with E-state index in [1.54, 1.807) is 6.07 Å². The summed E-state index contributed by atoms with van der Waals surface area (Å²) in [6.07, 6.45) is 1.15. The van der Waals surface area contributed by atoms with Crippen molar-refractivity contribution in [2.45, 2.75) is 45.4 Å². The van der Waals surface area contributed by atoms with E-state index in [1.165, 1.54) is 7.11 Å². The van der Waals surface area contributed by atoms with Crippen LogP contribution < -0.4 is 0 Å². The van der Waals surface area contributed by atoms with Gasteiger partial charge in [0.2, 0.25) is 0 Å². The number of hydrogen-bond acceptors (Lipinski definition) is 6. The van der Waals surface area contributed by atoms with Crippen LogP contribution >= 0.6 is 11.6 Å². The summed E-state index contributed by atoms with van der Waals surface area (Å²) in [5.41, 5.74) is 6.21. The zero-order valence-corrected chi connectivity index (χ0v) is 25.6. The molecule has 3 aromatic carbocycles. The van der Waals surface area contributed by atoms with Crippen LogP contribution in [0.1, 0.15) is 62.5 Å². The maximum Gasteiger partial charge on any atom is 0.337 e. The topological polar surface area (TPSA) is 76.9 Å². The second-order valence-electron chi connectivity index (χ2n) is 11.6. The molecule has 6 rings (SSSR count). The number of imidazole rings is 1. The van der Waals surface area contributed by atoms with Gasteiger partial charge in [0.1, 0.15) is 5.82 Å². The number of esters is 1. The number of carbonyl (C=O) groups is 2. The number of benzene rings is 3. The fraction of sp³-hybridized carbons (Fsp3) is 0.382. The van der Waals surface area contributed by atoms with E-state index in [9.17, 15) is 9.59 Å². The van der Waals surface area contributed by atoms with Crippen molar-refractivity contribution in [3.63, 3.8) is 0 Å². The summed E-state index contributed by atoms with van der Waals surface area (Å²) in [6.45, 7) is 9.05. The van der Waals surface area contributed by atoms with E-state index in [0.717, 1.165) is 64.7 Å². The Hall–Kier alpha value is -3.72. The Bertz CT molecular complexity index is 1660. The molecule has 2 fully saturated rings. The zero-order valence-electron chi connectivity index (χ0n) is 24.9. The van der Waals surface area contributed by atoms with Crippen LogP contribution in [0.25, 0.3) is 11.0 Å². The predicted molar refractivity (Wildman–Crippen MR) is 167 cm³/mol. The van der Waals surface area contributed by atoms with Gasteiger partial charge in [0, 0.05) is 49.3 Å². The summed E-state index contributed by atoms with van der Waals surface area (Å²) >= 11 is 6.55. The molecule has 2 aliphatic rings. The molecule has 1 amide bonds. The van der Waals surface area contributed by atoms with Crippen LogP contribution in [-0.2, 0) is 22.6 Å². The monoisotopic (exact) mass is 600 g/mol. The Morgan fingerprint density at radius 3 is 2.53 bits per heavy atom. The van der Waals surface area contributed by atoms with Crippen LogP contribution in [0.2, 0.25) is 5.02 Å². The number of ether oxygens (including phenoxy) is 2. The summed E-state index contributed by atoms with van der Waals surface area (Å²) in [5, 5.41) is 0.748. The molecule has 0 bridgehead atoms. The van der Waals surface area contributed by atoms with Gasteiger partial charge in [0.25, 0.3) is 5.91 Å². The fourth-order valence-corrected chi connectivity index (χ4v) is 6.37. The first-order chi connectivity index (χ1) is 20.8. The molecule has 0 radical (unpaired) electrons. The molecule has 8 nitrogen and oxygen atoms in total. The maximum absolute atomic E-state index is 13.5. The van der Waals surface area contributed by atoms with E-state index in [1.807, 2.05) is 48.2 Å². The number of halogens is 1. The minimum atomic E-state index is -0.365. The summed E-state index contributed by atoms with van der Waals surface area (Å²) in [6, 6.07) is 19.5. The van der Waals surface area contributed by atoms with Crippen molar-refractivity contribution >= 4 is 34.5 Å². The number of amides is 1. The van der Waals surface area contributed by atoms with Crippen molar-refractivity contribution in [1.82, 2.24) is 19.4 Å². The van der Waals surface area contributed by atoms with E-state index in [2.05, 4.69) is 34.6 Å². The minimum absolute atomic E-state index is 0.0495. The van der Waals surface area contributed by atoms with Crippen LogP contribution in [0, 0.1) is 6.92 Å². The highest BCUT2D eigenvalue weighted by Crippen LogP contribution is 2.31. The Labute approximate surface area is 257 Å². The molecule has 2 unspecified atom stereocenters. The van der Waals surface area contributed by atoms with Crippen LogP contribution in [0.5, 0.6) is 0 Å². The van der Waals surface area contributed by atoms with Crippen molar-refractivity contribution in [3.05, 3.63) is 99.3 Å². The fourth-order valence-electron chi connectivity index (χ4n) is 5.97. The molecule has 3 heterocycles. The largest absolute Gasteiger partial charge is 0.465 e. The van der Waals surface area contributed by atoms with Gasteiger partial charge in [-0.15, -0.1) is 0 Å². The Morgan fingerprint density at radius 1 is 1.05 bits per heavy atom. The minimum Gasteiger partial charge on any atom is -0.465 e. The second kappa shape index (κ2) is 12.5. The normalized spacial score (nSPS) is 18.0. The highest BCUT2D eigenvalue weighted by atomic mass is 35.5. The summed E-state index contributed by atoms with van der Waals surface area (Å²) in [5.74, 6) is 0.693. The van der Waals surface area contributed by atoms with Gasteiger partial charge in [-0.05, 0) is 66.4 Å². The molecule has 224 valence electrons. The first-order valence-electron chi connectivity index (χ1n) is 14.9. The van der Waals surface area contributed by atoms with E-state index in [4.69, 9.17) is 26.1 Å². The third kappa shape index (κ3) is 6.18. The van der Waals surface area contributed by atoms with Gasteiger partial charge in [-0.3, -0.25) is 9.69 Å². The number of carbonyl (C=O) groups excluding carboxylic acids is 2. The highest BCUT2D eigenvalue weighted by molar-refractivity contribution is 6.31. The summed E-state index contributed by atoms with van der Waals surface area (Å²) < 4.78 is 12.8. The molecule has 43 heavy (non-hydrogen) atoms. The Kier molecular flexibility index (Phi) is 8.52. The van der Waals surface area contributed by atoms with Gasteiger partial charge < -0.3 is 18.9 Å². The summed E-state index contributed by atoms with van der Waals surface area (Å²) in [4.78, 5) is 34.9. The molecule has 0 aliphatic carbocycles. The quantitative estimate of drug-likeness (QED) is 0.242. The maximum atomic E-state index is 13.5. The molecular weight excluding hydrogens is 564 g/mol. The van der Waals surface area contributed by atoms with E-state index in [0.29, 0.717) is 37.3 Å². The molecule has 0 saturated carbocycles. The molecule has 0 spiro atoms. The first-order valence-corrected chi connectivity index (χ1v) is 15.2. The van der Waals surface area contributed by atoms with Crippen molar-refractivity contribution in [2.75, 3.05) is 39.9 Å². The molecule has 2 saturated heterocycles. The van der Waals surface area contributed by atoms with Crippen LogP contribution in [0.3, 0.4) is 0 Å². The number of hydrogen-bond donors (Lipinski definition) is 0. The SMILES string of the molecule is COC(=O)c1ccc2nc(CN3CCN(C(=O)c4cccc(C(C)c5ccc(C)cc5Cl)c4)CC3)n(CC3CCO3)c2c1. The molecular formula is C34H37ClN4O4. The summed E-state index contributed by atoms with van der Waals surface area (Å²) in [7, 11) is 1.39. The number of aryl methyl sites for hydroxylation is 1. The average molecular weight is 601 g/mol. The smallest absolute Gasteiger partial charge is 0.337 e. The molecule has 9 heteroatoms. The van der Waals surface area contributed by atoms with Gasteiger partial charge in [-0.2, -0.15) is 0 Å². The molecule has 0 N–H and O–H groups in total. The van der Waals surface area contributed by atoms with Gasteiger partial charge in [0.15, 0.2) is 0 Å². The van der Waals surface area contributed by atoms with Crippen LogP contribution in [0.4, 0.5) is 0 Å². The van der Waals surface area contributed by atoms with Gasteiger partial charge in [0.05, 0.1) is 42.9 Å². The number of methoxy groups -OCH3 is 1. The molecule has 1 aromatic heterocycles. The van der Waals surface area contributed by atoms with E-state index in [-0.39, 0.29) is 23.9 Å². The molecule has 4 aromatic rings. The van der Waals surface area contributed by atoms with Crippen LogP contribution in [0.15, 0.2) is 60.7 Å². The molecule has 2 aliphatic heterocycles.